The average Bonchev–Trinajstić information content (AvgIpc) is 2.37. The van der Waals surface area contributed by atoms with Crippen LogP contribution in [0.5, 0.6) is 5.75 Å². The molecular weight excluding hydrogens is 230 g/mol. The number of ether oxygens (including phenoxy) is 1. The molecule has 0 aliphatic carbocycles. The third kappa shape index (κ3) is 3.39. The number of nitrogens with zero attached hydrogens (tertiary/aromatic N) is 3. The van der Waals surface area contributed by atoms with Crippen LogP contribution in [0.2, 0.25) is 0 Å². The van der Waals surface area contributed by atoms with Gasteiger partial charge < -0.3 is 9.84 Å². The van der Waals surface area contributed by atoms with E-state index in [0.29, 0.717) is 12.8 Å². The lowest BCUT2D eigenvalue weighted by atomic mass is 9.97. The highest BCUT2D eigenvalue weighted by Crippen LogP contribution is 2.33. The van der Waals surface area contributed by atoms with Crippen molar-refractivity contribution in [1.29, 1.82) is 0 Å². The molecule has 0 saturated heterocycles. The van der Waals surface area contributed by atoms with Crippen molar-refractivity contribution in [2.24, 2.45) is 5.11 Å². The molecule has 1 aromatic rings. The van der Waals surface area contributed by atoms with E-state index in [9.17, 15) is 0 Å². The van der Waals surface area contributed by atoms with Gasteiger partial charge in [0, 0.05) is 17.1 Å². The number of aliphatic hydroxyl groups is 1. The molecule has 0 heterocycles. The van der Waals surface area contributed by atoms with E-state index in [0.717, 1.165) is 22.4 Å². The van der Waals surface area contributed by atoms with Crippen molar-refractivity contribution in [3.8, 4) is 5.75 Å². The third-order valence-corrected chi connectivity index (χ3v) is 3.03. The Hall–Kier alpha value is -1.71. The van der Waals surface area contributed by atoms with Gasteiger partial charge in [0.2, 0.25) is 0 Å². The Labute approximate surface area is 107 Å². The molecule has 0 spiro atoms. The molecule has 0 aromatic heterocycles. The molecule has 0 aliphatic rings. The highest BCUT2D eigenvalue weighted by molar-refractivity contribution is 5.43. The summed E-state index contributed by atoms with van der Waals surface area (Å²) in [5.74, 6) is 0.730. The molecule has 5 nitrogen and oxygen atoms in total. The maximum atomic E-state index is 8.89. The molecule has 1 atom stereocenters. The summed E-state index contributed by atoms with van der Waals surface area (Å²) in [6, 6.07) is 3.64. The zero-order valence-electron chi connectivity index (χ0n) is 11.1. The van der Waals surface area contributed by atoms with Crippen LogP contribution in [-0.2, 0) is 0 Å². The predicted octanol–water partition coefficient (Wildman–Crippen LogP) is 3.44. The number of rotatable bonds is 6. The second-order valence-corrected chi connectivity index (χ2v) is 4.26. The van der Waals surface area contributed by atoms with Crippen molar-refractivity contribution < 1.29 is 9.84 Å². The summed E-state index contributed by atoms with van der Waals surface area (Å²) < 4.78 is 5.34. The van der Waals surface area contributed by atoms with Gasteiger partial charge >= 0.3 is 0 Å². The minimum Gasteiger partial charge on any atom is -0.496 e. The first-order chi connectivity index (χ1) is 8.63. The lowest BCUT2D eigenvalue weighted by Gasteiger charge is -2.17. The smallest absolute Gasteiger partial charge is 0.122 e. The van der Waals surface area contributed by atoms with Gasteiger partial charge in [0.05, 0.1) is 13.2 Å². The minimum atomic E-state index is -0.295. The quantitative estimate of drug-likeness (QED) is 0.476. The van der Waals surface area contributed by atoms with Crippen molar-refractivity contribution >= 4 is 0 Å². The van der Waals surface area contributed by atoms with E-state index in [1.807, 2.05) is 26.0 Å². The molecule has 0 saturated carbocycles. The highest BCUT2D eigenvalue weighted by Gasteiger charge is 2.15. The van der Waals surface area contributed by atoms with Gasteiger partial charge in [-0.1, -0.05) is 11.2 Å². The van der Waals surface area contributed by atoms with Gasteiger partial charge in [-0.3, -0.25) is 0 Å². The fraction of sp³-hybridized carbons (Fsp3) is 0.538. The number of aliphatic hydroxyl groups excluding tert-OH is 1. The molecule has 0 aliphatic heterocycles. The van der Waals surface area contributed by atoms with Crippen LogP contribution >= 0.6 is 0 Å². The van der Waals surface area contributed by atoms with E-state index >= 15 is 0 Å². The SMILES string of the molecule is COc1cc(C)c(C)cc1C(CCCO)N=[N+]=[N-]. The van der Waals surface area contributed by atoms with Crippen molar-refractivity contribution in [2.45, 2.75) is 32.7 Å². The zero-order valence-corrected chi connectivity index (χ0v) is 11.1. The van der Waals surface area contributed by atoms with Gasteiger partial charge in [0.1, 0.15) is 5.75 Å². The number of methoxy groups -OCH3 is 1. The zero-order chi connectivity index (χ0) is 13.5. The summed E-state index contributed by atoms with van der Waals surface area (Å²) in [7, 11) is 1.60. The summed E-state index contributed by atoms with van der Waals surface area (Å²) in [6.07, 6.45) is 1.21. The van der Waals surface area contributed by atoms with E-state index in [1.165, 1.54) is 0 Å². The van der Waals surface area contributed by atoms with E-state index in [4.69, 9.17) is 15.4 Å². The van der Waals surface area contributed by atoms with Gasteiger partial charge in [0.15, 0.2) is 0 Å². The van der Waals surface area contributed by atoms with Crippen LogP contribution in [-0.4, -0.2) is 18.8 Å². The number of aryl methyl sites for hydroxylation is 2. The summed E-state index contributed by atoms with van der Waals surface area (Å²) in [4.78, 5) is 2.88. The van der Waals surface area contributed by atoms with Gasteiger partial charge in [-0.05, 0) is 49.4 Å². The molecule has 1 aromatic carbocycles. The van der Waals surface area contributed by atoms with Crippen LogP contribution in [0, 0.1) is 13.8 Å². The molecule has 18 heavy (non-hydrogen) atoms. The Kier molecular flexibility index (Phi) is 5.49. The van der Waals surface area contributed by atoms with E-state index in [-0.39, 0.29) is 12.6 Å². The average molecular weight is 249 g/mol. The number of hydrogen-bond acceptors (Lipinski definition) is 3. The Morgan fingerprint density at radius 2 is 2.06 bits per heavy atom. The molecule has 98 valence electrons. The van der Waals surface area contributed by atoms with Gasteiger partial charge in [-0.2, -0.15) is 0 Å². The topological polar surface area (TPSA) is 78.2 Å². The second-order valence-electron chi connectivity index (χ2n) is 4.26. The Morgan fingerprint density at radius 1 is 1.39 bits per heavy atom. The van der Waals surface area contributed by atoms with Crippen molar-refractivity contribution in [3.63, 3.8) is 0 Å². The van der Waals surface area contributed by atoms with Crippen molar-refractivity contribution in [1.82, 2.24) is 0 Å². The molecule has 0 radical (unpaired) electrons. The first-order valence-corrected chi connectivity index (χ1v) is 5.94. The third-order valence-electron chi connectivity index (χ3n) is 3.03. The molecule has 0 fully saturated rings. The summed E-state index contributed by atoms with van der Waals surface area (Å²) in [5, 5.41) is 12.7. The fourth-order valence-corrected chi connectivity index (χ4v) is 1.87. The summed E-state index contributed by atoms with van der Waals surface area (Å²) in [6.45, 7) is 4.11. The molecule has 5 heteroatoms. The lowest BCUT2D eigenvalue weighted by Crippen LogP contribution is -2.01. The first kappa shape index (κ1) is 14.4. The van der Waals surface area contributed by atoms with Crippen LogP contribution in [0.4, 0.5) is 0 Å². The van der Waals surface area contributed by atoms with E-state index in [1.54, 1.807) is 7.11 Å². The molecule has 0 amide bonds. The van der Waals surface area contributed by atoms with Gasteiger partial charge in [-0.25, -0.2) is 0 Å². The molecule has 1 N–H and O–H groups in total. The standard InChI is InChI=1S/C13H19N3O2/c1-9-7-11(13(18-3)8-10(9)2)12(15-16-14)5-4-6-17/h7-8,12,17H,4-6H2,1-3H3. The Morgan fingerprint density at radius 3 is 2.61 bits per heavy atom. The minimum absolute atomic E-state index is 0.0879. The van der Waals surface area contributed by atoms with Crippen LogP contribution in [0.3, 0.4) is 0 Å². The van der Waals surface area contributed by atoms with E-state index < -0.39 is 0 Å². The summed E-state index contributed by atoms with van der Waals surface area (Å²) in [5.41, 5.74) is 11.8. The first-order valence-electron chi connectivity index (χ1n) is 5.94. The van der Waals surface area contributed by atoms with E-state index in [2.05, 4.69) is 10.0 Å². The maximum Gasteiger partial charge on any atom is 0.122 e. The number of hydrogen-bond donors (Lipinski definition) is 1. The fourth-order valence-electron chi connectivity index (χ4n) is 1.87. The Bertz CT molecular complexity index is 454. The molecule has 1 rings (SSSR count). The molecular formula is C13H19N3O2. The number of azide groups is 1. The molecule has 1 unspecified atom stereocenters. The second kappa shape index (κ2) is 6.89. The highest BCUT2D eigenvalue weighted by atomic mass is 16.5. The van der Waals surface area contributed by atoms with Crippen LogP contribution < -0.4 is 4.74 Å². The maximum absolute atomic E-state index is 8.89. The normalized spacial score (nSPS) is 11.8. The predicted molar refractivity (Wildman–Crippen MR) is 70.7 cm³/mol. The van der Waals surface area contributed by atoms with Crippen LogP contribution in [0.1, 0.15) is 35.6 Å². The van der Waals surface area contributed by atoms with Crippen LogP contribution in [0.15, 0.2) is 17.2 Å². The van der Waals surface area contributed by atoms with Gasteiger partial charge in [-0.15, -0.1) is 0 Å². The van der Waals surface area contributed by atoms with Crippen molar-refractivity contribution in [3.05, 3.63) is 39.3 Å². The molecule has 0 bridgehead atoms. The lowest BCUT2D eigenvalue weighted by molar-refractivity contribution is 0.279. The number of benzene rings is 1. The van der Waals surface area contributed by atoms with Crippen molar-refractivity contribution in [2.75, 3.05) is 13.7 Å². The summed E-state index contributed by atoms with van der Waals surface area (Å²) >= 11 is 0. The van der Waals surface area contributed by atoms with Gasteiger partial charge in [0.25, 0.3) is 0 Å². The largest absolute Gasteiger partial charge is 0.496 e. The Balaban J connectivity index is 3.17. The monoisotopic (exact) mass is 249 g/mol. The van der Waals surface area contributed by atoms with Crippen LogP contribution in [0.25, 0.3) is 10.4 Å².